The Bertz CT molecular complexity index is 460. The molecule has 1 aliphatic carbocycles. The van der Waals surface area contributed by atoms with Crippen LogP contribution in [-0.2, 0) is 6.54 Å². The fourth-order valence-corrected chi connectivity index (χ4v) is 3.03. The zero-order chi connectivity index (χ0) is 13.9. The molecule has 1 aromatic rings. The monoisotopic (exact) mass is 276 g/mol. The van der Waals surface area contributed by atoms with Gasteiger partial charge < -0.3 is 20.1 Å². The number of phenolic OH excluding ortho intramolecular Hbond substituents is 1. The molecule has 4 nitrogen and oxygen atoms in total. The molecule has 1 unspecified atom stereocenters. The number of hydrogen-bond acceptors (Lipinski definition) is 4. The first kappa shape index (κ1) is 13.7. The summed E-state index contributed by atoms with van der Waals surface area (Å²) in [5.74, 6) is 1.76. The highest BCUT2D eigenvalue weighted by atomic mass is 16.5. The third-order valence-corrected chi connectivity index (χ3v) is 4.42. The van der Waals surface area contributed by atoms with Crippen molar-refractivity contribution in [1.82, 2.24) is 10.2 Å². The van der Waals surface area contributed by atoms with Crippen LogP contribution >= 0.6 is 0 Å². The molecule has 1 aliphatic heterocycles. The summed E-state index contributed by atoms with van der Waals surface area (Å²) in [6.07, 6.45) is 4.11. The Morgan fingerprint density at radius 3 is 2.90 bits per heavy atom. The second kappa shape index (κ2) is 6.02. The Balaban J connectivity index is 1.43. The minimum absolute atomic E-state index is 0.308. The first-order chi connectivity index (χ1) is 9.76. The van der Waals surface area contributed by atoms with Gasteiger partial charge in [0.2, 0.25) is 0 Å². The van der Waals surface area contributed by atoms with Crippen molar-refractivity contribution in [2.24, 2.45) is 5.92 Å². The van der Waals surface area contributed by atoms with Crippen molar-refractivity contribution in [1.29, 1.82) is 0 Å². The van der Waals surface area contributed by atoms with Crippen LogP contribution in [0.2, 0.25) is 0 Å². The van der Waals surface area contributed by atoms with Crippen LogP contribution in [0.4, 0.5) is 0 Å². The smallest absolute Gasteiger partial charge is 0.123 e. The van der Waals surface area contributed by atoms with E-state index in [9.17, 15) is 5.11 Å². The van der Waals surface area contributed by atoms with Crippen molar-refractivity contribution in [3.63, 3.8) is 0 Å². The summed E-state index contributed by atoms with van der Waals surface area (Å²) in [5, 5.41) is 13.4. The van der Waals surface area contributed by atoms with Gasteiger partial charge in [-0.3, -0.25) is 0 Å². The van der Waals surface area contributed by atoms with Gasteiger partial charge in [-0.15, -0.1) is 0 Å². The molecule has 1 saturated carbocycles. The number of phenols is 1. The largest absolute Gasteiger partial charge is 0.507 e. The predicted octanol–water partition coefficient (Wildman–Crippen LogP) is 1.97. The first-order valence-corrected chi connectivity index (χ1v) is 7.57. The molecular weight excluding hydrogens is 252 g/mol. The maximum absolute atomic E-state index is 9.91. The van der Waals surface area contributed by atoms with Crippen molar-refractivity contribution < 1.29 is 9.84 Å². The van der Waals surface area contributed by atoms with Gasteiger partial charge in [0.05, 0.1) is 7.11 Å². The Hall–Kier alpha value is -1.26. The summed E-state index contributed by atoms with van der Waals surface area (Å²) in [6, 6.07) is 6.38. The van der Waals surface area contributed by atoms with Crippen LogP contribution in [0, 0.1) is 5.92 Å². The number of methoxy groups -OCH3 is 1. The van der Waals surface area contributed by atoms with E-state index in [2.05, 4.69) is 10.2 Å². The van der Waals surface area contributed by atoms with Crippen LogP contribution in [-0.4, -0.2) is 42.8 Å². The molecule has 3 rings (SSSR count). The number of nitrogens with one attached hydrogen (secondary N) is 1. The van der Waals surface area contributed by atoms with Gasteiger partial charge in [-0.25, -0.2) is 0 Å². The van der Waals surface area contributed by atoms with Crippen LogP contribution in [0.5, 0.6) is 11.5 Å². The summed E-state index contributed by atoms with van der Waals surface area (Å²) < 4.78 is 5.09. The maximum atomic E-state index is 9.91. The van der Waals surface area contributed by atoms with E-state index < -0.39 is 0 Å². The van der Waals surface area contributed by atoms with E-state index in [4.69, 9.17) is 4.74 Å². The average Bonchev–Trinajstić information content (AvgIpc) is 3.20. The standard InChI is InChI=1S/C16H24N2O2/c1-20-15-5-2-13(16(19)8-15)10-17-9-12-6-7-18(11-12)14-3-4-14/h2,5,8,12,14,17,19H,3-4,6-7,9-11H2,1H3. The van der Waals surface area contributed by atoms with Gasteiger partial charge in [0.25, 0.3) is 0 Å². The number of rotatable bonds is 6. The molecular formula is C16H24N2O2. The number of hydrogen-bond donors (Lipinski definition) is 2. The number of ether oxygens (including phenoxy) is 1. The third-order valence-electron chi connectivity index (χ3n) is 4.42. The lowest BCUT2D eigenvalue weighted by atomic mass is 10.1. The van der Waals surface area contributed by atoms with Gasteiger partial charge in [-0.2, -0.15) is 0 Å². The summed E-state index contributed by atoms with van der Waals surface area (Å²) in [7, 11) is 1.61. The molecule has 0 radical (unpaired) electrons. The van der Waals surface area contributed by atoms with E-state index in [1.807, 2.05) is 12.1 Å². The van der Waals surface area contributed by atoms with Crippen LogP contribution in [0.25, 0.3) is 0 Å². The lowest BCUT2D eigenvalue weighted by Crippen LogP contribution is -2.27. The Morgan fingerprint density at radius 2 is 2.20 bits per heavy atom. The van der Waals surface area contributed by atoms with Gasteiger partial charge in [0.15, 0.2) is 0 Å². The lowest BCUT2D eigenvalue weighted by molar-refractivity contribution is 0.311. The Kier molecular flexibility index (Phi) is 4.13. The summed E-state index contributed by atoms with van der Waals surface area (Å²) in [4.78, 5) is 2.64. The van der Waals surface area contributed by atoms with E-state index in [0.717, 1.165) is 30.6 Å². The number of benzene rings is 1. The Morgan fingerprint density at radius 1 is 1.35 bits per heavy atom. The molecule has 1 atom stereocenters. The molecule has 2 aliphatic rings. The molecule has 0 amide bonds. The van der Waals surface area contributed by atoms with E-state index >= 15 is 0 Å². The predicted molar refractivity (Wildman–Crippen MR) is 79.1 cm³/mol. The molecule has 2 fully saturated rings. The van der Waals surface area contributed by atoms with Crippen LogP contribution in [0.1, 0.15) is 24.8 Å². The van der Waals surface area contributed by atoms with E-state index in [1.165, 1.54) is 32.4 Å². The van der Waals surface area contributed by atoms with Crippen molar-refractivity contribution in [3.05, 3.63) is 23.8 Å². The zero-order valence-corrected chi connectivity index (χ0v) is 12.1. The normalized spacial score (nSPS) is 23.1. The van der Waals surface area contributed by atoms with E-state index in [1.54, 1.807) is 13.2 Å². The number of likely N-dealkylation sites (tertiary alicyclic amines) is 1. The van der Waals surface area contributed by atoms with E-state index in [-0.39, 0.29) is 0 Å². The molecule has 2 N–H and O–H groups in total. The molecule has 4 heteroatoms. The molecule has 1 saturated heterocycles. The van der Waals surface area contributed by atoms with Gasteiger partial charge in [-0.05, 0) is 44.3 Å². The Labute approximate surface area is 120 Å². The van der Waals surface area contributed by atoms with E-state index in [0.29, 0.717) is 11.5 Å². The van der Waals surface area contributed by atoms with Gasteiger partial charge in [0.1, 0.15) is 11.5 Å². The zero-order valence-electron chi connectivity index (χ0n) is 12.1. The second-order valence-electron chi connectivity index (χ2n) is 6.01. The molecule has 0 bridgehead atoms. The fourth-order valence-electron chi connectivity index (χ4n) is 3.03. The van der Waals surface area contributed by atoms with Crippen molar-refractivity contribution >= 4 is 0 Å². The van der Waals surface area contributed by atoms with Crippen LogP contribution in [0.3, 0.4) is 0 Å². The number of nitrogens with zero attached hydrogens (tertiary/aromatic N) is 1. The highest BCUT2D eigenvalue weighted by molar-refractivity contribution is 5.39. The molecule has 110 valence electrons. The molecule has 0 aromatic heterocycles. The minimum Gasteiger partial charge on any atom is -0.507 e. The van der Waals surface area contributed by atoms with Gasteiger partial charge >= 0.3 is 0 Å². The summed E-state index contributed by atoms with van der Waals surface area (Å²) in [6.45, 7) is 4.27. The fraction of sp³-hybridized carbons (Fsp3) is 0.625. The van der Waals surface area contributed by atoms with Gasteiger partial charge in [-0.1, -0.05) is 6.07 Å². The topological polar surface area (TPSA) is 44.7 Å². The molecule has 1 heterocycles. The SMILES string of the molecule is COc1ccc(CNCC2CCN(C3CC3)C2)c(O)c1. The number of aromatic hydroxyl groups is 1. The molecule has 20 heavy (non-hydrogen) atoms. The quantitative estimate of drug-likeness (QED) is 0.834. The lowest BCUT2D eigenvalue weighted by Gasteiger charge is -2.15. The third kappa shape index (κ3) is 3.25. The van der Waals surface area contributed by atoms with Crippen LogP contribution < -0.4 is 10.1 Å². The summed E-state index contributed by atoms with van der Waals surface area (Å²) in [5.41, 5.74) is 0.933. The van der Waals surface area contributed by atoms with Crippen LogP contribution in [0.15, 0.2) is 18.2 Å². The van der Waals surface area contributed by atoms with Crippen molar-refractivity contribution in [2.75, 3.05) is 26.7 Å². The summed E-state index contributed by atoms with van der Waals surface area (Å²) >= 11 is 0. The highest BCUT2D eigenvalue weighted by Crippen LogP contribution is 2.31. The van der Waals surface area contributed by atoms with Crippen molar-refractivity contribution in [2.45, 2.75) is 31.8 Å². The minimum atomic E-state index is 0.308. The van der Waals surface area contributed by atoms with Gasteiger partial charge in [0, 0.05) is 30.8 Å². The van der Waals surface area contributed by atoms with Crippen molar-refractivity contribution in [3.8, 4) is 11.5 Å². The maximum Gasteiger partial charge on any atom is 0.123 e. The molecule has 0 spiro atoms. The highest BCUT2D eigenvalue weighted by Gasteiger charge is 2.33. The second-order valence-corrected chi connectivity index (χ2v) is 6.01. The first-order valence-electron chi connectivity index (χ1n) is 7.57. The average molecular weight is 276 g/mol. The molecule has 1 aromatic carbocycles.